The molecule has 0 saturated carbocycles. The van der Waals surface area contributed by atoms with Crippen LogP contribution in [0.25, 0.3) is 0 Å². The fourth-order valence-corrected chi connectivity index (χ4v) is 2.29. The minimum absolute atomic E-state index is 0.198. The number of hydrogen-bond acceptors (Lipinski definition) is 3. The van der Waals surface area contributed by atoms with Crippen molar-refractivity contribution in [2.24, 2.45) is 0 Å². The Hall–Kier alpha value is -0.900. The molecule has 0 amide bonds. The normalized spacial score (nSPS) is 17.4. The molecule has 0 atom stereocenters. The van der Waals surface area contributed by atoms with Crippen molar-refractivity contribution in [2.45, 2.75) is 12.8 Å². The number of carbonyl (C=O) groups is 1. The molecule has 1 heterocycles. The summed E-state index contributed by atoms with van der Waals surface area (Å²) in [5, 5.41) is 4.03. The van der Waals surface area contributed by atoms with Crippen molar-refractivity contribution in [2.75, 3.05) is 32.7 Å². The van der Waals surface area contributed by atoms with E-state index in [1.165, 1.54) is 0 Å². The van der Waals surface area contributed by atoms with Crippen LogP contribution in [-0.2, 0) is 0 Å². The SMILES string of the molecule is O=C(CCN1CCCNCC1)c1ccc(Cl)cc1. The number of nitrogens with one attached hydrogen (secondary N) is 1. The van der Waals surface area contributed by atoms with E-state index in [0.29, 0.717) is 11.4 Å². The molecular weight excluding hydrogens is 248 g/mol. The number of rotatable bonds is 4. The van der Waals surface area contributed by atoms with Crippen LogP contribution in [0.3, 0.4) is 0 Å². The van der Waals surface area contributed by atoms with Gasteiger partial charge < -0.3 is 10.2 Å². The van der Waals surface area contributed by atoms with E-state index < -0.39 is 0 Å². The summed E-state index contributed by atoms with van der Waals surface area (Å²) in [7, 11) is 0. The van der Waals surface area contributed by atoms with E-state index in [1.807, 2.05) is 0 Å². The number of benzene rings is 1. The first-order valence-corrected chi connectivity index (χ1v) is 6.85. The molecule has 1 N–H and O–H groups in total. The molecule has 18 heavy (non-hydrogen) atoms. The van der Waals surface area contributed by atoms with E-state index in [-0.39, 0.29) is 5.78 Å². The highest BCUT2D eigenvalue weighted by Crippen LogP contribution is 2.11. The van der Waals surface area contributed by atoms with Gasteiger partial charge in [0, 0.05) is 36.6 Å². The van der Waals surface area contributed by atoms with E-state index in [9.17, 15) is 4.79 Å². The van der Waals surface area contributed by atoms with Gasteiger partial charge in [-0.3, -0.25) is 4.79 Å². The lowest BCUT2D eigenvalue weighted by Crippen LogP contribution is -2.30. The van der Waals surface area contributed by atoms with Crippen LogP contribution < -0.4 is 5.32 Å². The number of nitrogens with zero attached hydrogens (tertiary/aromatic N) is 1. The molecular formula is C14H19ClN2O. The molecule has 0 unspecified atom stereocenters. The maximum atomic E-state index is 12.0. The fourth-order valence-electron chi connectivity index (χ4n) is 2.17. The summed E-state index contributed by atoms with van der Waals surface area (Å²) >= 11 is 5.81. The predicted octanol–water partition coefficient (Wildman–Crippen LogP) is 2.21. The number of carbonyl (C=O) groups excluding carboxylic acids is 1. The van der Waals surface area contributed by atoms with Crippen LogP contribution in [-0.4, -0.2) is 43.4 Å². The van der Waals surface area contributed by atoms with Gasteiger partial charge in [0.25, 0.3) is 0 Å². The largest absolute Gasteiger partial charge is 0.315 e. The Morgan fingerprint density at radius 1 is 1.22 bits per heavy atom. The topological polar surface area (TPSA) is 32.3 Å². The molecule has 0 aromatic heterocycles. The van der Waals surface area contributed by atoms with Crippen molar-refractivity contribution in [1.82, 2.24) is 10.2 Å². The summed E-state index contributed by atoms with van der Waals surface area (Å²) in [5.74, 6) is 0.198. The van der Waals surface area contributed by atoms with Crippen molar-refractivity contribution in [1.29, 1.82) is 0 Å². The summed E-state index contributed by atoms with van der Waals surface area (Å²) in [6, 6.07) is 7.14. The molecule has 1 fully saturated rings. The second-order valence-electron chi connectivity index (χ2n) is 4.63. The third kappa shape index (κ3) is 4.09. The van der Waals surface area contributed by atoms with Gasteiger partial charge in [0.2, 0.25) is 0 Å². The average Bonchev–Trinajstić information content (AvgIpc) is 2.65. The van der Waals surface area contributed by atoms with Gasteiger partial charge in [-0.15, -0.1) is 0 Å². The fraction of sp³-hybridized carbons (Fsp3) is 0.500. The van der Waals surface area contributed by atoms with Crippen LogP contribution in [0, 0.1) is 0 Å². The summed E-state index contributed by atoms with van der Waals surface area (Å²) in [6.45, 7) is 5.08. The zero-order chi connectivity index (χ0) is 12.8. The molecule has 1 aliphatic rings. The Morgan fingerprint density at radius 2 is 2.00 bits per heavy atom. The lowest BCUT2D eigenvalue weighted by Gasteiger charge is -2.18. The summed E-state index contributed by atoms with van der Waals surface area (Å²) in [5.41, 5.74) is 0.757. The Kier molecular flexibility index (Phi) is 5.17. The van der Waals surface area contributed by atoms with Crippen LogP contribution in [0.15, 0.2) is 24.3 Å². The maximum Gasteiger partial charge on any atom is 0.164 e. The number of hydrogen-bond donors (Lipinski definition) is 1. The molecule has 0 aliphatic carbocycles. The highest BCUT2D eigenvalue weighted by Gasteiger charge is 2.11. The first-order chi connectivity index (χ1) is 8.75. The molecule has 1 aromatic carbocycles. The van der Waals surface area contributed by atoms with Gasteiger partial charge >= 0.3 is 0 Å². The molecule has 0 radical (unpaired) electrons. The van der Waals surface area contributed by atoms with Gasteiger partial charge in [-0.1, -0.05) is 11.6 Å². The minimum atomic E-state index is 0.198. The van der Waals surface area contributed by atoms with Crippen molar-refractivity contribution >= 4 is 17.4 Å². The molecule has 0 spiro atoms. The van der Waals surface area contributed by atoms with E-state index >= 15 is 0 Å². The number of Topliss-reactive ketones (excluding diaryl/α,β-unsaturated/α-hetero) is 1. The maximum absolute atomic E-state index is 12.0. The Balaban J connectivity index is 1.82. The van der Waals surface area contributed by atoms with Crippen LogP contribution in [0.4, 0.5) is 0 Å². The standard InChI is InChI=1S/C14H19ClN2O/c15-13-4-2-12(3-5-13)14(18)6-10-17-9-1-7-16-8-11-17/h2-5,16H,1,6-11H2. The van der Waals surface area contributed by atoms with Crippen LogP contribution >= 0.6 is 11.6 Å². The van der Waals surface area contributed by atoms with Gasteiger partial charge in [0.15, 0.2) is 5.78 Å². The van der Waals surface area contributed by atoms with E-state index in [2.05, 4.69) is 10.2 Å². The molecule has 3 nitrogen and oxygen atoms in total. The first kappa shape index (κ1) is 13.5. The average molecular weight is 267 g/mol. The molecule has 1 aliphatic heterocycles. The molecule has 2 rings (SSSR count). The number of ketones is 1. The van der Waals surface area contributed by atoms with Crippen LogP contribution in [0.5, 0.6) is 0 Å². The van der Waals surface area contributed by atoms with Gasteiger partial charge in [-0.25, -0.2) is 0 Å². The molecule has 1 saturated heterocycles. The summed E-state index contributed by atoms with van der Waals surface area (Å²) in [4.78, 5) is 14.4. The molecule has 4 heteroatoms. The van der Waals surface area contributed by atoms with E-state index in [1.54, 1.807) is 24.3 Å². The predicted molar refractivity (Wildman–Crippen MR) is 74.3 cm³/mol. The lowest BCUT2D eigenvalue weighted by molar-refractivity contribution is 0.0965. The Morgan fingerprint density at radius 3 is 2.78 bits per heavy atom. The lowest BCUT2D eigenvalue weighted by atomic mass is 10.1. The second kappa shape index (κ2) is 6.88. The van der Waals surface area contributed by atoms with Crippen molar-refractivity contribution in [3.8, 4) is 0 Å². The summed E-state index contributed by atoms with van der Waals surface area (Å²) < 4.78 is 0. The monoisotopic (exact) mass is 266 g/mol. The van der Waals surface area contributed by atoms with Gasteiger partial charge in [0.1, 0.15) is 0 Å². The highest BCUT2D eigenvalue weighted by molar-refractivity contribution is 6.30. The Bertz CT molecular complexity index is 383. The first-order valence-electron chi connectivity index (χ1n) is 6.47. The third-order valence-corrected chi connectivity index (χ3v) is 3.51. The molecule has 0 bridgehead atoms. The van der Waals surface area contributed by atoms with Crippen LogP contribution in [0.1, 0.15) is 23.2 Å². The zero-order valence-corrected chi connectivity index (χ0v) is 11.2. The third-order valence-electron chi connectivity index (χ3n) is 3.25. The second-order valence-corrected chi connectivity index (χ2v) is 5.06. The summed E-state index contributed by atoms with van der Waals surface area (Å²) in [6.07, 6.45) is 1.75. The minimum Gasteiger partial charge on any atom is -0.315 e. The quantitative estimate of drug-likeness (QED) is 0.848. The van der Waals surface area contributed by atoms with Crippen molar-refractivity contribution in [3.05, 3.63) is 34.9 Å². The van der Waals surface area contributed by atoms with Crippen molar-refractivity contribution < 1.29 is 4.79 Å². The van der Waals surface area contributed by atoms with E-state index in [4.69, 9.17) is 11.6 Å². The number of halogens is 1. The smallest absolute Gasteiger partial charge is 0.164 e. The molecule has 1 aromatic rings. The highest BCUT2D eigenvalue weighted by atomic mass is 35.5. The molecule has 98 valence electrons. The van der Waals surface area contributed by atoms with Gasteiger partial charge in [0.05, 0.1) is 0 Å². The van der Waals surface area contributed by atoms with Crippen molar-refractivity contribution in [3.63, 3.8) is 0 Å². The Labute approximate surface area is 113 Å². The zero-order valence-electron chi connectivity index (χ0n) is 10.5. The van der Waals surface area contributed by atoms with Gasteiger partial charge in [-0.2, -0.15) is 0 Å². The van der Waals surface area contributed by atoms with Crippen LogP contribution in [0.2, 0.25) is 5.02 Å². The van der Waals surface area contributed by atoms with Gasteiger partial charge in [-0.05, 0) is 43.8 Å². The van der Waals surface area contributed by atoms with E-state index in [0.717, 1.165) is 44.7 Å².